The lowest BCUT2D eigenvalue weighted by atomic mass is 10.3. The lowest BCUT2D eigenvalue weighted by Gasteiger charge is -2.27. The molecular weight excluding hydrogens is 212 g/mol. The average molecular weight is 226 g/mol. The van der Waals surface area contributed by atoms with E-state index in [4.69, 9.17) is 11.5 Å². The number of nitrogens with two attached hydrogens (primary N) is 2. The fourth-order valence-electron chi connectivity index (χ4n) is 1.52. The van der Waals surface area contributed by atoms with Gasteiger partial charge in [0.05, 0.1) is 5.69 Å². The molecule has 0 unspecified atom stereocenters. The number of hydrogen-bond acceptors (Lipinski definition) is 5. The molecule has 1 aliphatic rings. The Morgan fingerprint density at radius 1 is 1.27 bits per heavy atom. The maximum Gasteiger partial charge on any atom is 0.149 e. The largest absolute Gasteiger partial charge is 0.396 e. The van der Waals surface area contributed by atoms with Crippen LogP contribution in [0.4, 0.5) is 17.3 Å². The zero-order valence-corrected chi connectivity index (χ0v) is 9.17. The zero-order valence-electron chi connectivity index (χ0n) is 8.35. The summed E-state index contributed by atoms with van der Waals surface area (Å²) in [6.45, 7) is 1.53. The third-order valence-electron chi connectivity index (χ3n) is 2.44. The first kappa shape index (κ1) is 10.2. The first-order valence-corrected chi connectivity index (χ1v) is 6.27. The van der Waals surface area contributed by atoms with Gasteiger partial charge in [-0.25, -0.2) is 4.98 Å². The summed E-state index contributed by atoms with van der Waals surface area (Å²) in [4.78, 5) is 6.28. The quantitative estimate of drug-likeness (QED) is 0.693. The van der Waals surface area contributed by atoms with Gasteiger partial charge in [-0.05, 0) is 12.1 Å². The van der Waals surface area contributed by atoms with Crippen molar-refractivity contribution in [3.8, 4) is 0 Å². The van der Waals surface area contributed by atoms with Crippen LogP contribution in [-0.2, 0) is 10.8 Å². The van der Waals surface area contributed by atoms with Gasteiger partial charge in [-0.3, -0.25) is 4.21 Å². The van der Waals surface area contributed by atoms with E-state index in [1.807, 2.05) is 6.07 Å². The van der Waals surface area contributed by atoms with Crippen LogP contribution in [0.1, 0.15) is 0 Å². The molecule has 1 fully saturated rings. The van der Waals surface area contributed by atoms with E-state index in [9.17, 15) is 4.21 Å². The van der Waals surface area contributed by atoms with Gasteiger partial charge in [0.2, 0.25) is 0 Å². The highest BCUT2D eigenvalue weighted by Crippen LogP contribution is 2.19. The first-order valence-electron chi connectivity index (χ1n) is 4.79. The van der Waals surface area contributed by atoms with Crippen molar-refractivity contribution in [1.29, 1.82) is 0 Å². The fourth-order valence-corrected chi connectivity index (χ4v) is 2.57. The molecule has 2 heterocycles. The van der Waals surface area contributed by atoms with Crippen LogP contribution in [0.15, 0.2) is 12.1 Å². The predicted molar refractivity (Wildman–Crippen MR) is 63.2 cm³/mol. The Morgan fingerprint density at radius 2 is 1.93 bits per heavy atom. The SMILES string of the molecule is Nc1ccc(N2CCS(=O)CC2)nc1N. The summed E-state index contributed by atoms with van der Waals surface area (Å²) in [6.07, 6.45) is 0. The number of anilines is 3. The highest BCUT2D eigenvalue weighted by Gasteiger charge is 2.16. The molecule has 1 aliphatic heterocycles. The molecule has 0 amide bonds. The summed E-state index contributed by atoms with van der Waals surface area (Å²) in [5, 5.41) is 0. The minimum Gasteiger partial charge on any atom is -0.396 e. The molecule has 6 heteroatoms. The Morgan fingerprint density at radius 3 is 2.53 bits per heavy atom. The molecule has 0 aromatic carbocycles. The van der Waals surface area contributed by atoms with Gasteiger partial charge in [-0.2, -0.15) is 0 Å². The van der Waals surface area contributed by atoms with E-state index in [1.54, 1.807) is 6.07 Å². The Kier molecular flexibility index (Phi) is 2.77. The van der Waals surface area contributed by atoms with Gasteiger partial charge in [-0.1, -0.05) is 0 Å². The van der Waals surface area contributed by atoms with Crippen molar-refractivity contribution in [1.82, 2.24) is 4.98 Å². The highest BCUT2D eigenvalue weighted by atomic mass is 32.2. The molecule has 1 aromatic rings. The van der Waals surface area contributed by atoms with Gasteiger partial charge in [0, 0.05) is 35.4 Å². The lowest BCUT2D eigenvalue weighted by molar-refractivity contribution is 0.672. The molecule has 2 rings (SSSR count). The normalized spacial score (nSPS) is 18.0. The number of aromatic nitrogens is 1. The second-order valence-electron chi connectivity index (χ2n) is 3.48. The van der Waals surface area contributed by atoms with Crippen molar-refractivity contribution < 1.29 is 4.21 Å². The fraction of sp³-hybridized carbons (Fsp3) is 0.444. The molecule has 15 heavy (non-hydrogen) atoms. The smallest absolute Gasteiger partial charge is 0.149 e. The molecule has 1 aromatic heterocycles. The zero-order chi connectivity index (χ0) is 10.8. The molecule has 0 radical (unpaired) electrons. The molecule has 82 valence electrons. The monoisotopic (exact) mass is 226 g/mol. The van der Waals surface area contributed by atoms with E-state index < -0.39 is 10.8 Å². The van der Waals surface area contributed by atoms with E-state index >= 15 is 0 Å². The van der Waals surface area contributed by atoms with Crippen molar-refractivity contribution in [2.75, 3.05) is 41.0 Å². The maximum atomic E-state index is 11.2. The van der Waals surface area contributed by atoms with Crippen LogP contribution in [0.5, 0.6) is 0 Å². The molecule has 1 saturated heterocycles. The first-order chi connectivity index (χ1) is 7.16. The van der Waals surface area contributed by atoms with Crippen LogP contribution in [0.2, 0.25) is 0 Å². The van der Waals surface area contributed by atoms with Gasteiger partial charge >= 0.3 is 0 Å². The Hall–Kier alpha value is -1.30. The van der Waals surface area contributed by atoms with Gasteiger partial charge in [0.25, 0.3) is 0 Å². The van der Waals surface area contributed by atoms with Crippen LogP contribution in [0.3, 0.4) is 0 Å². The van der Waals surface area contributed by atoms with E-state index in [0.717, 1.165) is 18.9 Å². The molecule has 0 bridgehead atoms. The standard InChI is InChI=1S/C9H14N4OS/c10-7-1-2-8(12-9(7)11)13-3-5-15(14)6-4-13/h1-2H,3-6,10H2,(H2,11,12). The number of hydrogen-bond donors (Lipinski definition) is 2. The average Bonchev–Trinajstić information content (AvgIpc) is 2.23. The van der Waals surface area contributed by atoms with E-state index in [0.29, 0.717) is 23.0 Å². The second kappa shape index (κ2) is 4.06. The second-order valence-corrected chi connectivity index (χ2v) is 5.18. The van der Waals surface area contributed by atoms with Gasteiger partial charge < -0.3 is 16.4 Å². The summed E-state index contributed by atoms with van der Waals surface area (Å²) in [6, 6.07) is 3.60. The number of nitrogen functional groups attached to an aromatic ring is 2. The minimum absolute atomic E-state index is 0.360. The number of pyridine rings is 1. The van der Waals surface area contributed by atoms with Crippen molar-refractivity contribution in [3.63, 3.8) is 0 Å². The van der Waals surface area contributed by atoms with Crippen molar-refractivity contribution in [2.45, 2.75) is 0 Å². The van der Waals surface area contributed by atoms with Crippen LogP contribution >= 0.6 is 0 Å². The van der Waals surface area contributed by atoms with Gasteiger partial charge in [-0.15, -0.1) is 0 Å². The van der Waals surface area contributed by atoms with Crippen LogP contribution in [0, 0.1) is 0 Å². The molecular formula is C9H14N4OS. The van der Waals surface area contributed by atoms with Crippen LogP contribution in [-0.4, -0.2) is 33.8 Å². The third-order valence-corrected chi connectivity index (χ3v) is 3.72. The summed E-state index contributed by atoms with van der Waals surface area (Å²) in [5.74, 6) is 2.58. The van der Waals surface area contributed by atoms with E-state index in [2.05, 4.69) is 9.88 Å². The van der Waals surface area contributed by atoms with Crippen molar-refractivity contribution in [2.24, 2.45) is 0 Å². The Labute approximate surface area is 90.9 Å². The molecule has 0 atom stereocenters. The van der Waals surface area contributed by atoms with Crippen LogP contribution in [0.25, 0.3) is 0 Å². The Bertz CT molecular complexity index is 386. The van der Waals surface area contributed by atoms with Gasteiger partial charge in [0.1, 0.15) is 11.6 Å². The summed E-state index contributed by atoms with van der Waals surface area (Å²) in [7, 11) is -0.670. The predicted octanol–water partition coefficient (Wildman–Crippen LogP) is -0.185. The molecule has 0 spiro atoms. The molecule has 4 N–H and O–H groups in total. The van der Waals surface area contributed by atoms with Crippen molar-refractivity contribution >= 4 is 28.1 Å². The summed E-state index contributed by atoms with van der Waals surface area (Å²) in [5.41, 5.74) is 11.7. The maximum absolute atomic E-state index is 11.2. The Balaban J connectivity index is 2.16. The van der Waals surface area contributed by atoms with Gasteiger partial charge in [0.15, 0.2) is 0 Å². The molecule has 0 saturated carbocycles. The molecule has 0 aliphatic carbocycles. The minimum atomic E-state index is -0.670. The number of nitrogens with zero attached hydrogens (tertiary/aromatic N) is 2. The van der Waals surface area contributed by atoms with Crippen molar-refractivity contribution in [3.05, 3.63) is 12.1 Å². The highest BCUT2D eigenvalue weighted by molar-refractivity contribution is 7.85. The summed E-state index contributed by atoms with van der Waals surface area (Å²) < 4.78 is 11.2. The number of rotatable bonds is 1. The topological polar surface area (TPSA) is 85.2 Å². The van der Waals surface area contributed by atoms with E-state index in [1.165, 1.54) is 0 Å². The summed E-state index contributed by atoms with van der Waals surface area (Å²) >= 11 is 0. The third kappa shape index (κ3) is 2.20. The van der Waals surface area contributed by atoms with Crippen LogP contribution < -0.4 is 16.4 Å². The van der Waals surface area contributed by atoms with E-state index in [-0.39, 0.29) is 0 Å². The lowest BCUT2D eigenvalue weighted by Crippen LogP contribution is -2.38. The molecule has 5 nitrogen and oxygen atoms in total.